The fraction of sp³-hybridized carbons (Fsp3) is 0.733. The van der Waals surface area contributed by atoms with Crippen LogP contribution in [0.4, 0.5) is 10.6 Å². The number of aliphatic hydroxyl groups excluding tert-OH is 1. The van der Waals surface area contributed by atoms with E-state index in [1.54, 1.807) is 24.0 Å². The smallest absolute Gasteiger partial charge is 0.320 e. The number of nitrogens with one attached hydrogen (secondary N) is 2. The van der Waals surface area contributed by atoms with Gasteiger partial charge in [0.05, 0.1) is 12.1 Å². The van der Waals surface area contributed by atoms with E-state index in [0.29, 0.717) is 11.7 Å². The van der Waals surface area contributed by atoms with Gasteiger partial charge in [0.25, 0.3) is 0 Å². The maximum Gasteiger partial charge on any atom is 0.320 e. The molecule has 21 heavy (non-hydrogen) atoms. The van der Waals surface area contributed by atoms with E-state index in [-0.39, 0.29) is 18.1 Å². The van der Waals surface area contributed by atoms with Gasteiger partial charge in [-0.3, -0.25) is 10.00 Å². The van der Waals surface area contributed by atoms with Gasteiger partial charge >= 0.3 is 6.03 Å². The number of urea groups is 1. The molecule has 2 unspecified atom stereocenters. The molecule has 6 nitrogen and oxygen atoms in total. The van der Waals surface area contributed by atoms with Crippen LogP contribution in [0.25, 0.3) is 0 Å². The van der Waals surface area contributed by atoms with Crippen molar-refractivity contribution in [3.63, 3.8) is 0 Å². The molecule has 0 bridgehead atoms. The number of carbonyl (C=O) groups excluding carboxylic acids is 1. The van der Waals surface area contributed by atoms with Crippen molar-refractivity contribution in [2.75, 3.05) is 11.9 Å². The molecule has 0 aliphatic heterocycles. The SMILES string of the molecule is CC1CC(C)(C)CC(CO)(NC(=O)Nc2ccn(C)n2)C1. The quantitative estimate of drug-likeness (QED) is 0.799. The highest BCUT2D eigenvalue weighted by atomic mass is 16.3. The van der Waals surface area contributed by atoms with Crippen molar-refractivity contribution < 1.29 is 9.90 Å². The standard InChI is InChI=1S/C15H26N4O2/c1-11-7-14(2,3)9-15(8-11,10-20)17-13(21)16-12-5-6-19(4)18-12/h5-6,11,20H,7-10H2,1-4H3,(H2,16,17,18,21). The van der Waals surface area contributed by atoms with Gasteiger partial charge in [-0.25, -0.2) is 4.79 Å². The van der Waals surface area contributed by atoms with E-state index in [0.717, 1.165) is 19.3 Å². The lowest BCUT2D eigenvalue weighted by atomic mass is 9.64. The minimum absolute atomic E-state index is 0.0452. The Balaban J connectivity index is 2.05. The molecule has 1 aliphatic rings. The summed E-state index contributed by atoms with van der Waals surface area (Å²) in [5, 5.41) is 19.7. The third-order valence-corrected chi connectivity index (χ3v) is 4.09. The van der Waals surface area contributed by atoms with Gasteiger partial charge in [-0.05, 0) is 30.6 Å². The highest BCUT2D eigenvalue weighted by molar-refractivity contribution is 5.88. The summed E-state index contributed by atoms with van der Waals surface area (Å²) < 4.78 is 1.63. The fourth-order valence-corrected chi connectivity index (χ4v) is 3.87. The van der Waals surface area contributed by atoms with Gasteiger partial charge in [0.15, 0.2) is 5.82 Å². The van der Waals surface area contributed by atoms with Crippen molar-refractivity contribution in [3.05, 3.63) is 12.3 Å². The maximum absolute atomic E-state index is 12.2. The van der Waals surface area contributed by atoms with Crippen LogP contribution in [0.3, 0.4) is 0 Å². The maximum atomic E-state index is 12.2. The van der Waals surface area contributed by atoms with Crippen molar-refractivity contribution in [2.45, 2.75) is 45.6 Å². The van der Waals surface area contributed by atoms with Crippen LogP contribution in [0.15, 0.2) is 12.3 Å². The van der Waals surface area contributed by atoms with E-state index in [1.807, 2.05) is 0 Å². The molecule has 0 radical (unpaired) electrons. The molecule has 0 saturated heterocycles. The third-order valence-electron chi connectivity index (χ3n) is 4.09. The Morgan fingerprint density at radius 1 is 1.52 bits per heavy atom. The van der Waals surface area contributed by atoms with Crippen LogP contribution in [-0.2, 0) is 7.05 Å². The second kappa shape index (κ2) is 5.67. The molecule has 2 amide bonds. The second-order valence-corrected chi connectivity index (χ2v) is 7.25. The third kappa shape index (κ3) is 3.97. The summed E-state index contributed by atoms with van der Waals surface area (Å²) in [6.07, 6.45) is 4.44. The van der Waals surface area contributed by atoms with Crippen LogP contribution in [-0.4, -0.2) is 33.1 Å². The molecular formula is C15H26N4O2. The number of rotatable bonds is 3. The highest BCUT2D eigenvalue weighted by Crippen LogP contribution is 2.43. The number of aliphatic hydroxyl groups is 1. The lowest BCUT2D eigenvalue weighted by Crippen LogP contribution is -2.58. The monoisotopic (exact) mass is 294 g/mol. The summed E-state index contributed by atoms with van der Waals surface area (Å²) >= 11 is 0. The van der Waals surface area contributed by atoms with Gasteiger partial charge in [-0.2, -0.15) is 5.10 Å². The van der Waals surface area contributed by atoms with Crippen LogP contribution in [0, 0.1) is 11.3 Å². The summed E-state index contributed by atoms with van der Waals surface area (Å²) in [7, 11) is 1.80. The van der Waals surface area contributed by atoms with Crippen molar-refractivity contribution in [1.29, 1.82) is 0 Å². The second-order valence-electron chi connectivity index (χ2n) is 7.25. The fourth-order valence-electron chi connectivity index (χ4n) is 3.87. The predicted octanol–water partition coefficient (Wildman–Crippen LogP) is 2.12. The first-order chi connectivity index (χ1) is 9.73. The lowest BCUT2D eigenvalue weighted by Gasteiger charge is -2.47. The zero-order valence-corrected chi connectivity index (χ0v) is 13.3. The van der Waals surface area contributed by atoms with E-state index < -0.39 is 5.54 Å². The van der Waals surface area contributed by atoms with Gasteiger partial charge in [-0.15, -0.1) is 0 Å². The number of hydrogen-bond donors (Lipinski definition) is 3. The van der Waals surface area contributed by atoms with Gasteiger partial charge in [0.2, 0.25) is 0 Å². The Morgan fingerprint density at radius 3 is 2.76 bits per heavy atom. The van der Waals surface area contributed by atoms with Gasteiger partial charge in [-0.1, -0.05) is 20.8 Å². The number of hydrogen-bond acceptors (Lipinski definition) is 3. The molecular weight excluding hydrogens is 268 g/mol. The molecule has 1 aliphatic carbocycles. The van der Waals surface area contributed by atoms with Crippen molar-refractivity contribution in [2.24, 2.45) is 18.4 Å². The van der Waals surface area contributed by atoms with Crippen LogP contribution in [0.5, 0.6) is 0 Å². The number of amides is 2. The Hall–Kier alpha value is -1.56. The predicted molar refractivity (Wildman–Crippen MR) is 82.0 cm³/mol. The van der Waals surface area contributed by atoms with E-state index in [9.17, 15) is 9.90 Å². The number of aromatic nitrogens is 2. The van der Waals surface area contributed by atoms with E-state index >= 15 is 0 Å². The van der Waals surface area contributed by atoms with Gasteiger partial charge in [0.1, 0.15) is 0 Å². The first kappa shape index (κ1) is 15.8. The largest absolute Gasteiger partial charge is 0.394 e. The number of nitrogens with zero attached hydrogens (tertiary/aromatic N) is 2. The van der Waals surface area contributed by atoms with E-state index in [2.05, 4.69) is 36.5 Å². The number of carbonyl (C=O) groups is 1. The first-order valence-corrected chi connectivity index (χ1v) is 7.43. The number of anilines is 1. The van der Waals surface area contributed by atoms with Crippen LogP contribution in [0.2, 0.25) is 0 Å². The minimum atomic E-state index is -0.556. The lowest BCUT2D eigenvalue weighted by molar-refractivity contribution is 0.0445. The normalized spacial score (nSPS) is 28.1. The Bertz CT molecular complexity index is 512. The average Bonchev–Trinajstić information content (AvgIpc) is 2.71. The molecule has 3 N–H and O–H groups in total. The van der Waals surface area contributed by atoms with Crippen molar-refractivity contribution in [1.82, 2.24) is 15.1 Å². The molecule has 2 rings (SSSR count). The van der Waals surface area contributed by atoms with Crippen molar-refractivity contribution >= 4 is 11.8 Å². The van der Waals surface area contributed by atoms with Crippen LogP contribution >= 0.6 is 0 Å². The highest BCUT2D eigenvalue weighted by Gasteiger charge is 2.43. The molecule has 0 aromatic carbocycles. The molecule has 2 atom stereocenters. The molecule has 1 aromatic rings. The zero-order chi connectivity index (χ0) is 15.7. The Morgan fingerprint density at radius 2 is 2.24 bits per heavy atom. The topological polar surface area (TPSA) is 79.2 Å². The minimum Gasteiger partial charge on any atom is -0.394 e. The summed E-state index contributed by atoms with van der Waals surface area (Å²) in [5.74, 6) is 0.974. The summed E-state index contributed by atoms with van der Waals surface area (Å²) in [6, 6.07) is 1.42. The van der Waals surface area contributed by atoms with Gasteiger partial charge < -0.3 is 10.4 Å². The Labute approximate surface area is 125 Å². The molecule has 1 aromatic heterocycles. The van der Waals surface area contributed by atoms with Crippen LogP contribution < -0.4 is 10.6 Å². The molecule has 1 heterocycles. The zero-order valence-electron chi connectivity index (χ0n) is 13.3. The molecule has 1 saturated carbocycles. The molecule has 1 fully saturated rings. The van der Waals surface area contributed by atoms with E-state index in [4.69, 9.17) is 0 Å². The molecule has 118 valence electrons. The average molecular weight is 294 g/mol. The summed E-state index contributed by atoms with van der Waals surface area (Å²) in [6.45, 7) is 6.50. The van der Waals surface area contributed by atoms with E-state index in [1.165, 1.54) is 0 Å². The van der Waals surface area contributed by atoms with Gasteiger partial charge in [0, 0.05) is 19.3 Å². The summed E-state index contributed by atoms with van der Waals surface area (Å²) in [5.41, 5.74) is -0.446. The molecule has 0 spiro atoms. The van der Waals surface area contributed by atoms with Crippen molar-refractivity contribution in [3.8, 4) is 0 Å². The Kier molecular flexibility index (Phi) is 4.27. The van der Waals surface area contributed by atoms with Crippen LogP contribution in [0.1, 0.15) is 40.0 Å². The first-order valence-electron chi connectivity index (χ1n) is 7.43. The molecule has 6 heteroatoms. The number of aryl methyl sites for hydroxylation is 1. The summed E-state index contributed by atoms with van der Waals surface area (Å²) in [4.78, 5) is 12.2.